The molecule has 1 saturated carbocycles. The van der Waals surface area contributed by atoms with Gasteiger partial charge in [-0.05, 0) is 43.4 Å². The molecule has 3 nitrogen and oxygen atoms in total. The van der Waals surface area contributed by atoms with Crippen LogP contribution in [0.15, 0.2) is 30.9 Å². The highest BCUT2D eigenvalue weighted by atomic mass is 16.2. The van der Waals surface area contributed by atoms with Crippen LogP contribution < -0.4 is 5.32 Å². The fourth-order valence-corrected chi connectivity index (χ4v) is 2.32. The summed E-state index contributed by atoms with van der Waals surface area (Å²) < 4.78 is 0. The molecular formula is C17H24N2O. The molecular weight excluding hydrogens is 248 g/mol. The molecule has 0 unspecified atom stereocenters. The zero-order chi connectivity index (χ0) is 14.5. The number of hydrogen-bond donors (Lipinski definition) is 1. The number of hydrogen-bond acceptors (Lipinski definition) is 2. The molecule has 1 aliphatic rings. The molecule has 0 bridgehead atoms. The van der Waals surface area contributed by atoms with Gasteiger partial charge in [-0.25, -0.2) is 0 Å². The Labute approximate surface area is 121 Å². The van der Waals surface area contributed by atoms with E-state index in [9.17, 15) is 4.79 Å². The molecule has 2 rings (SSSR count). The number of rotatable bonds is 7. The third kappa shape index (κ3) is 4.20. The van der Waals surface area contributed by atoms with E-state index in [2.05, 4.69) is 48.8 Å². The van der Waals surface area contributed by atoms with Crippen molar-refractivity contribution in [1.29, 1.82) is 0 Å². The van der Waals surface area contributed by atoms with Gasteiger partial charge in [0.05, 0.1) is 6.54 Å². The van der Waals surface area contributed by atoms with E-state index in [0.29, 0.717) is 19.1 Å². The van der Waals surface area contributed by atoms with Gasteiger partial charge in [-0.15, -0.1) is 6.58 Å². The van der Waals surface area contributed by atoms with Crippen molar-refractivity contribution in [2.75, 3.05) is 13.1 Å². The minimum atomic E-state index is 0.0839. The lowest BCUT2D eigenvalue weighted by molar-refractivity contribution is -0.122. The Bertz CT molecular complexity index is 492. The lowest BCUT2D eigenvalue weighted by Gasteiger charge is -2.21. The Morgan fingerprint density at radius 2 is 2.15 bits per heavy atom. The van der Waals surface area contributed by atoms with E-state index in [-0.39, 0.29) is 5.91 Å². The zero-order valence-corrected chi connectivity index (χ0v) is 12.5. The van der Waals surface area contributed by atoms with Crippen LogP contribution in [0.1, 0.15) is 29.5 Å². The topological polar surface area (TPSA) is 32.3 Å². The van der Waals surface area contributed by atoms with Crippen molar-refractivity contribution >= 4 is 5.91 Å². The molecule has 1 amide bonds. The number of carbonyl (C=O) groups excluding carboxylic acids is 1. The van der Waals surface area contributed by atoms with Crippen LogP contribution in [0.2, 0.25) is 0 Å². The third-order valence-corrected chi connectivity index (χ3v) is 3.81. The fourth-order valence-electron chi connectivity index (χ4n) is 2.32. The summed E-state index contributed by atoms with van der Waals surface area (Å²) >= 11 is 0. The van der Waals surface area contributed by atoms with Gasteiger partial charge in [0.1, 0.15) is 0 Å². The van der Waals surface area contributed by atoms with Gasteiger partial charge < -0.3 is 5.32 Å². The number of benzene rings is 1. The fraction of sp³-hybridized carbons (Fsp3) is 0.471. The highest BCUT2D eigenvalue weighted by molar-refractivity contribution is 5.78. The smallest absolute Gasteiger partial charge is 0.234 e. The van der Waals surface area contributed by atoms with Crippen LogP contribution in [-0.4, -0.2) is 29.9 Å². The predicted molar refractivity (Wildman–Crippen MR) is 82.6 cm³/mol. The van der Waals surface area contributed by atoms with Gasteiger partial charge in [0.25, 0.3) is 0 Å². The molecule has 3 heteroatoms. The van der Waals surface area contributed by atoms with Crippen molar-refractivity contribution in [2.24, 2.45) is 0 Å². The van der Waals surface area contributed by atoms with Gasteiger partial charge in [0.15, 0.2) is 0 Å². The van der Waals surface area contributed by atoms with Crippen LogP contribution in [0.25, 0.3) is 0 Å². The molecule has 0 radical (unpaired) electrons. The highest BCUT2D eigenvalue weighted by Gasteiger charge is 2.30. The lowest BCUT2D eigenvalue weighted by atomic mass is 10.1. The van der Waals surface area contributed by atoms with Gasteiger partial charge >= 0.3 is 0 Å². The minimum absolute atomic E-state index is 0.0839. The van der Waals surface area contributed by atoms with Crippen molar-refractivity contribution < 1.29 is 4.79 Å². The van der Waals surface area contributed by atoms with Crippen molar-refractivity contribution in [3.05, 3.63) is 47.5 Å². The minimum Gasteiger partial charge on any atom is -0.352 e. The summed E-state index contributed by atoms with van der Waals surface area (Å²) in [4.78, 5) is 14.1. The number of aryl methyl sites for hydroxylation is 2. The van der Waals surface area contributed by atoms with E-state index < -0.39 is 0 Å². The number of nitrogens with zero attached hydrogens (tertiary/aromatic N) is 1. The Balaban J connectivity index is 1.96. The summed E-state index contributed by atoms with van der Waals surface area (Å²) in [7, 11) is 0. The quantitative estimate of drug-likeness (QED) is 0.774. The maximum atomic E-state index is 11.9. The number of amides is 1. The molecule has 1 aromatic carbocycles. The maximum Gasteiger partial charge on any atom is 0.234 e. The first-order chi connectivity index (χ1) is 9.60. The van der Waals surface area contributed by atoms with Gasteiger partial charge in [-0.1, -0.05) is 24.3 Å². The summed E-state index contributed by atoms with van der Waals surface area (Å²) in [5, 5.41) is 2.85. The van der Waals surface area contributed by atoms with E-state index in [4.69, 9.17) is 0 Å². The molecule has 0 atom stereocenters. The van der Waals surface area contributed by atoms with Crippen molar-refractivity contribution in [1.82, 2.24) is 10.2 Å². The molecule has 1 fully saturated rings. The summed E-state index contributed by atoms with van der Waals surface area (Å²) in [5.41, 5.74) is 3.92. The van der Waals surface area contributed by atoms with Gasteiger partial charge in [0, 0.05) is 19.1 Å². The molecule has 1 aromatic rings. The summed E-state index contributed by atoms with van der Waals surface area (Å²) in [6.07, 6.45) is 4.13. The molecule has 1 N–H and O–H groups in total. The molecule has 0 aliphatic heterocycles. The second-order valence-electron chi connectivity index (χ2n) is 5.65. The molecule has 0 aromatic heterocycles. The predicted octanol–water partition coefficient (Wildman–Crippen LogP) is 2.57. The van der Waals surface area contributed by atoms with Gasteiger partial charge in [0.2, 0.25) is 5.91 Å². The molecule has 1 aliphatic carbocycles. The number of carbonyl (C=O) groups is 1. The van der Waals surface area contributed by atoms with E-state index in [1.54, 1.807) is 6.08 Å². The first-order valence-electron chi connectivity index (χ1n) is 7.28. The maximum absolute atomic E-state index is 11.9. The highest BCUT2D eigenvalue weighted by Crippen LogP contribution is 2.28. The van der Waals surface area contributed by atoms with Gasteiger partial charge in [-0.2, -0.15) is 0 Å². The van der Waals surface area contributed by atoms with E-state index in [1.165, 1.54) is 29.5 Å². The van der Waals surface area contributed by atoms with Gasteiger partial charge in [-0.3, -0.25) is 9.69 Å². The first kappa shape index (κ1) is 14.8. The summed E-state index contributed by atoms with van der Waals surface area (Å²) in [6.45, 7) is 9.75. The average Bonchev–Trinajstić information content (AvgIpc) is 3.24. The molecule has 108 valence electrons. The average molecular weight is 272 g/mol. The summed E-state index contributed by atoms with van der Waals surface area (Å²) in [6, 6.07) is 7.13. The Morgan fingerprint density at radius 3 is 2.75 bits per heavy atom. The number of nitrogens with one attached hydrogen (secondary N) is 1. The van der Waals surface area contributed by atoms with Crippen LogP contribution in [-0.2, 0) is 11.3 Å². The second-order valence-corrected chi connectivity index (χ2v) is 5.65. The van der Waals surface area contributed by atoms with E-state index in [1.807, 2.05) is 0 Å². The van der Waals surface area contributed by atoms with Crippen LogP contribution in [0.4, 0.5) is 0 Å². The lowest BCUT2D eigenvalue weighted by Crippen LogP contribution is -2.38. The van der Waals surface area contributed by atoms with Crippen molar-refractivity contribution in [3.63, 3.8) is 0 Å². The van der Waals surface area contributed by atoms with Crippen LogP contribution in [0.5, 0.6) is 0 Å². The zero-order valence-electron chi connectivity index (χ0n) is 12.5. The van der Waals surface area contributed by atoms with E-state index in [0.717, 1.165) is 6.54 Å². The van der Waals surface area contributed by atoms with E-state index >= 15 is 0 Å². The van der Waals surface area contributed by atoms with Crippen molar-refractivity contribution in [2.45, 2.75) is 39.3 Å². The SMILES string of the molecule is C=CCNC(=O)CN(Cc1ccc(C)c(C)c1)C1CC1. The van der Waals surface area contributed by atoms with Crippen molar-refractivity contribution in [3.8, 4) is 0 Å². The first-order valence-corrected chi connectivity index (χ1v) is 7.28. The van der Waals surface area contributed by atoms with Crippen LogP contribution in [0, 0.1) is 13.8 Å². The standard InChI is InChI=1S/C17H24N2O/c1-4-9-18-17(20)12-19(16-7-8-16)11-15-6-5-13(2)14(3)10-15/h4-6,10,16H,1,7-9,11-12H2,2-3H3,(H,18,20). The summed E-state index contributed by atoms with van der Waals surface area (Å²) in [5.74, 6) is 0.0839. The molecule has 0 saturated heterocycles. The largest absolute Gasteiger partial charge is 0.352 e. The Kier molecular flexibility index (Phi) is 4.96. The normalized spacial score (nSPS) is 14.3. The third-order valence-electron chi connectivity index (χ3n) is 3.81. The van der Waals surface area contributed by atoms with Crippen LogP contribution >= 0.6 is 0 Å². The second kappa shape index (κ2) is 6.71. The molecule has 20 heavy (non-hydrogen) atoms. The monoisotopic (exact) mass is 272 g/mol. The Morgan fingerprint density at radius 1 is 1.40 bits per heavy atom. The Hall–Kier alpha value is -1.61. The molecule has 0 spiro atoms. The molecule has 0 heterocycles. The van der Waals surface area contributed by atoms with Crippen LogP contribution in [0.3, 0.4) is 0 Å².